The van der Waals surface area contributed by atoms with Gasteiger partial charge in [-0.2, -0.15) is 0 Å². The number of pyridine rings is 1. The Labute approximate surface area is 239 Å². The Hall–Kier alpha value is -3.37. The lowest BCUT2D eigenvalue weighted by Gasteiger charge is -2.34. The molecule has 218 valence electrons. The standard InChI is InChI=1S/C29H38ClN3O7/c1-29(2,3)17-33(24(35)11-10-23(34)32-13-7-8-18(16-32)28(37)38)25-21(14-19(30)15-22(25)39-4)26(36)20-9-6-12-31-27(20)40-5/h6,9,12,14-15,18,26,36H,7-8,10-11,13,16-17H2,1-5H3,(H,37,38)/t18-,26+/m0/s1. The monoisotopic (exact) mass is 575 g/mol. The van der Waals surface area contributed by atoms with E-state index in [1.165, 1.54) is 24.0 Å². The zero-order valence-corrected chi connectivity index (χ0v) is 24.4. The molecule has 0 saturated carbocycles. The number of ether oxygens (including phenoxy) is 2. The minimum Gasteiger partial charge on any atom is -0.495 e. The van der Waals surface area contributed by atoms with Crippen LogP contribution in [0.3, 0.4) is 0 Å². The summed E-state index contributed by atoms with van der Waals surface area (Å²) in [6.45, 7) is 6.79. The molecule has 11 heteroatoms. The number of carbonyl (C=O) groups excluding carboxylic acids is 2. The van der Waals surface area contributed by atoms with Gasteiger partial charge in [-0.1, -0.05) is 32.4 Å². The highest BCUT2D eigenvalue weighted by atomic mass is 35.5. The predicted molar refractivity (Wildman–Crippen MR) is 151 cm³/mol. The summed E-state index contributed by atoms with van der Waals surface area (Å²) in [6.07, 6.45) is 1.23. The number of aromatic nitrogens is 1. The Morgan fingerprint density at radius 3 is 2.52 bits per heavy atom. The number of aliphatic carboxylic acids is 1. The van der Waals surface area contributed by atoms with Crippen molar-refractivity contribution in [3.05, 3.63) is 46.6 Å². The van der Waals surface area contributed by atoms with Crippen LogP contribution < -0.4 is 14.4 Å². The first-order valence-electron chi connectivity index (χ1n) is 13.2. The highest BCUT2D eigenvalue weighted by molar-refractivity contribution is 6.31. The number of carbonyl (C=O) groups is 3. The van der Waals surface area contributed by atoms with E-state index < -0.39 is 18.0 Å². The second kappa shape index (κ2) is 13.3. The Morgan fingerprint density at radius 2 is 1.90 bits per heavy atom. The van der Waals surface area contributed by atoms with E-state index in [0.29, 0.717) is 41.2 Å². The Balaban J connectivity index is 1.98. The SMILES string of the molecule is COc1cc(Cl)cc([C@H](O)c2cccnc2OC)c1N(CC(C)(C)C)C(=O)CCC(=O)N1CCC[C@H](C(=O)O)C1. The first-order chi connectivity index (χ1) is 18.9. The molecule has 10 nitrogen and oxygen atoms in total. The molecule has 2 amide bonds. The van der Waals surface area contributed by atoms with Crippen LogP contribution >= 0.6 is 11.6 Å². The van der Waals surface area contributed by atoms with Crippen molar-refractivity contribution < 1.29 is 34.1 Å². The average molecular weight is 576 g/mol. The van der Waals surface area contributed by atoms with E-state index in [2.05, 4.69) is 4.98 Å². The number of hydrogen-bond acceptors (Lipinski definition) is 7. The van der Waals surface area contributed by atoms with Crippen molar-refractivity contribution in [3.63, 3.8) is 0 Å². The summed E-state index contributed by atoms with van der Waals surface area (Å²) < 4.78 is 11.0. The van der Waals surface area contributed by atoms with Crippen LogP contribution in [0.25, 0.3) is 0 Å². The van der Waals surface area contributed by atoms with Crippen molar-refractivity contribution >= 4 is 35.1 Å². The molecule has 40 heavy (non-hydrogen) atoms. The van der Waals surface area contributed by atoms with Crippen LogP contribution in [0.5, 0.6) is 11.6 Å². The minimum absolute atomic E-state index is 0.0734. The summed E-state index contributed by atoms with van der Waals surface area (Å²) in [4.78, 5) is 45.5. The number of rotatable bonds is 10. The topological polar surface area (TPSA) is 130 Å². The van der Waals surface area contributed by atoms with Gasteiger partial charge in [-0.3, -0.25) is 14.4 Å². The van der Waals surface area contributed by atoms with E-state index in [9.17, 15) is 24.6 Å². The van der Waals surface area contributed by atoms with Gasteiger partial charge in [0, 0.05) is 60.9 Å². The number of likely N-dealkylation sites (tertiary alicyclic amines) is 1. The maximum Gasteiger partial charge on any atom is 0.308 e. The number of amides is 2. The molecular weight excluding hydrogens is 538 g/mol. The van der Waals surface area contributed by atoms with Crippen LogP contribution in [-0.4, -0.2) is 71.7 Å². The molecule has 3 rings (SSSR count). The van der Waals surface area contributed by atoms with Gasteiger partial charge in [0.2, 0.25) is 17.7 Å². The molecule has 2 heterocycles. The Bertz CT molecular complexity index is 1230. The van der Waals surface area contributed by atoms with Gasteiger partial charge in [0.15, 0.2) is 0 Å². The van der Waals surface area contributed by atoms with Gasteiger partial charge >= 0.3 is 5.97 Å². The van der Waals surface area contributed by atoms with Gasteiger partial charge in [-0.15, -0.1) is 0 Å². The maximum atomic E-state index is 13.8. The maximum absolute atomic E-state index is 13.8. The van der Waals surface area contributed by atoms with Crippen molar-refractivity contribution in [1.82, 2.24) is 9.88 Å². The zero-order chi connectivity index (χ0) is 29.6. The Morgan fingerprint density at radius 1 is 1.18 bits per heavy atom. The van der Waals surface area contributed by atoms with E-state index in [4.69, 9.17) is 21.1 Å². The molecule has 1 fully saturated rings. The average Bonchev–Trinajstić information content (AvgIpc) is 2.93. The van der Waals surface area contributed by atoms with Crippen molar-refractivity contribution in [1.29, 1.82) is 0 Å². The lowest BCUT2D eigenvalue weighted by atomic mass is 9.93. The number of nitrogens with zero attached hydrogens (tertiary/aromatic N) is 3. The number of aliphatic hydroxyl groups is 1. The van der Waals surface area contributed by atoms with Crippen molar-refractivity contribution in [3.8, 4) is 11.6 Å². The van der Waals surface area contributed by atoms with E-state index >= 15 is 0 Å². The number of anilines is 1. The van der Waals surface area contributed by atoms with Crippen LogP contribution in [0.15, 0.2) is 30.5 Å². The molecule has 0 radical (unpaired) electrons. The fraction of sp³-hybridized carbons (Fsp3) is 0.517. The predicted octanol–water partition coefficient (Wildman–Crippen LogP) is 4.32. The summed E-state index contributed by atoms with van der Waals surface area (Å²) in [5.41, 5.74) is 0.675. The van der Waals surface area contributed by atoms with E-state index in [1.807, 2.05) is 20.8 Å². The molecule has 2 aromatic rings. The molecule has 0 bridgehead atoms. The van der Waals surface area contributed by atoms with Crippen LogP contribution in [0.2, 0.25) is 5.02 Å². The number of methoxy groups -OCH3 is 2. The number of hydrogen-bond donors (Lipinski definition) is 2. The number of carboxylic acids is 1. The molecule has 0 unspecified atom stereocenters. The van der Waals surface area contributed by atoms with E-state index in [0.717, 1.165) is 0 Å². The minimum atomic E-state index is -1.26. The van der Waals surface area contributed by atoms with Gasteiger partial charge < -0.3 is 29.5 Å². The smallest absolute Gasteiger partial charge is 0.308 e. The molecular formula is C29H38ClN3O7. The molecule has 2 atom stereocenters. The van der Waals surface area contributed by atoms with Crippen LogP contribution in [0.4, 0.5) is 5.69 Å². The lowest BCUT2D eigenvalue weighted by molar-refractivity contribution is -0.146. The quantitative estimate of drug-likeness (QED) is 0.428. The summed E-state index contributed by atoms with van der Waals surface area (Å²) in [5, 5.41) is 21.2. The van der Waals surface area contributed by atoms with E-state index in [-0.39, 0.29) is 54.8 Å². The molecule has 2 N–H and O–H groups in total. The number of aliphatic hydroxyl groups excluding tert-OH is 1. The molecule has 1 aromatic carbocycles. The van der Waals surface area contributed by atoms with Crippen LogP contribution in [0, 0.1) is 11.3 Å². The molecule has 1 aliphatic heterocycles. The highest BCUT2D eigenvalue weighted by Crippen LogP contribution is 2.43. The third kappa shape index (κ3) is 7.63. The summed E-state index contributed by atoms with van der Waals surface area (Å²) in [6, 6.07) is 6.48. The van der Waals surface area contributed by atoms with Gasteiger partial charge in [0.1, 0.15) is 11.9 Å². The summed E-state index contributed by atoms with van der Waals surface area (Å²) in [7, 11) is 2.90. The van der Waals surface area contributed by atoms with Gasteiger partial charge in [0.05, 0.1) is 25.8 Å². The van der Waals surface area contributed by atoms with Crippen LogP contribution in [-0.2, 0) is 14.4 Å². The molecule has 1 aromatic heterocycles. The van der Waals surface area contributed by atoms with Gasteiger partial charge in [-0.25, -0.2) is 4.98 Å². The van der Waals surface area contributed by atoms with E-state index in [1.54, 1.807) is 30.5 Å². The van der Waals surface area contributed by atoms with Crippen molar-refractivity contribution in [2.75, 3.05) is 38.8 Å². The third-order valence-electron chi connectivity index (χ3n) is 6.75. The normalized spacial score (nSPS) is 16.3. The second-order valence-corrected chi connectivity index (χ2v) is 11.5. The number of carboxylic acid groups (broad SMARTS) is 1. The molecule has 1 saturated heterocycles. The molecule has 1 aliphatic rings. The third-order valence-corrected chi connectivity index (χ3v) is 6.97. The number of benzene rings is 1. The van der Waals surface area contributed by atoms with Gasteiger partial charge in [-0.05, 0) is 36.5 Å². The number of piperidine rings is 1. The van der Waals surface area contributed by atoms with Crippen molar-refractivity contribution in [2.24, 2.45) is 11.3 Å². The first-order valence-corrected chi connectivity index (χ1v) is 13.6. The van der Waals surface area contributed by atoms with Crippen molar-refractivity contribution in [2.45, 2.75) is 52.6 Å². The first kappa shape index (κ1) is 31.2. The Kier molecular flexibility index (Phi) is 10.4. The highest BCUT2D eigenvalue weighted by Gasteiger charge is 2.33. The summed E-state index contributed by atoms with van der Waals surface area (Å²) >= 11 is 6.41. The van der Waals surface area contributed by atoms with Crippen LogP contribution in [0.1, 0.15) is 63.7 Å². The number of halogens is 1. The second-order valence-electron chi connectivity index (χ2n) is 11.1. The lowest BCUT2D eigenvalue weighted by Crippen LogP contribution is -2.43. The molecule has 0 aliphatic carbocycles. The fourth-order valence-electron chi connectivity index (χ4n) is 4.88. The fourth-order valence-corrected chi connectivity index (χ4v) is 5.09. The van der Waals surface area contributed by atoms with Gasteiger partial charge in [0.25, 0.3) is 0 Å². The molecule has 0 spiro atoms. The summed E-state index contributed by atoms with van der Waals surface area (Å²) in [5.74, 6) is -1.62. The zero-order valence-electron chi connectivity index (χ0n) is 23.6. The largest absolute Gasteiger partial charge is 0.495 e.